The minimum atomic E-state index is 0.391. The summed E-state index contributed by atoms with van der Waals surface area (Å²) in [4.78, 5) is 4.57. The second kappa shape index (κ2) is 7.71. The molecule has 0 radical (unpaired) electrons. The number of nitrogens with zero attached hydrogens (tertiary/aromatic N) is 2. The fourth-order valence-corrected chi connectivity index (χ4v) is 3.72. The van der Waals surface area contributed by atoms with Crippen LogP contribution in [0.4, 0.5) is 0 Å². The Morgan fingerprint density at radius 1 is 1.24 bits per heavy atom. The van der Waals surface area contributed by atoms with Crippen molar-refractivity contribution in [2.24, 2.45) is 0 Å². The molecule has 25 heavy (non-hydrogen) atoms. The van der Waals surface area contributed by atoms with Crippen molar-refractivity contribution in [3.05, 3.63) is 68.5 Å². The monoisotopic (exact) mass is 386 g/mol. The highest BCUT2D eigenvalue weighted by Gasteiger charge is 2.13. The highest BCUT2D eigenvalue weighted by Crippen LogP contribution is 2.35. The normalized spacial score (nSPS) is 11.2. The molecule has 2 aromatic carbocycles. The van der Waals surface area contributed by atoms with Crippen LogP contribution in [0.3, 0.4) is 0 Å². The van der Waals surface area contributed by atoms with E-state index < -0.39 is 0 Å². The van der Waals surface area contributed by atoms with Crippen LogP contribution in [0.15, 0.2) is 47.8 Å². The van der Waals surface area contributed by atoms with E-state index in [1.54, 1.807) is 18.2 Å². The third-order valence-electron chi connectivity index (χ3n) is 3.47. The van der Waals surface area contributed by atoms with E-state index in [2.05, 4.69) is 11.1 Å². The summed E-state index contributed by atoms with van der Waals surface area (Å²) in [7, 11) is 1.52. The third kappa shape index (κ3) is 3.85. The predicted octanol–water partition coefficient (Wildman–Crippen LogP) is 6.19. The van der Waals surface area contributed by atoms with E-state index >= 15 is 0 Å². The van der Waals surface area contributed by atoms with Crippen LogP contribution >= 0.6 is 34.5 Å². The summed E-state index contributed by atoms with van der Waals surface area (Å²) in [5, 5.41) is 13.0. The fourth-order valence-electron chi connectivity index (χ4n) is 2.34. The van der Waals surface area contributed by atoms with Gasteiger partial charge in [-0.1, -0.05) is 53.5 Å². The molecule has 6 heteroatoms. The van der Waals surface area contributed by atoms with Gasteiger partial charge in [-0.2, -0.15) is 5.26 Å². The van der Waals surface area contributed by atoms with Gasteiger partial charge in [-0.05, 0) is 18.2 Å². The first-order valence-corrected chi connectivity index (χ1v) is 8.92. The summed E-state index contributed by atoms with van der Waals surface area (Å²) >= 11 is 13.6. The summed E-state index contributed by atoms with van der Waals surface area (Å²) in [6, 6.07) is 15.3. The number of hydrogen-bond donors (Lipinski definition) is 0. The molecule has 0 bridgehead atoms. The molecule has 0 aliphatic heterocycles. The van der Waals surface area contributed by atoms with Crippen LogP contribution in [0.2, 0.25) is 10.0 Å². The van der Waals surface area contributed by atoms with Gasteiger partial charge in [0.05, 0.1) is 23.4 Å². The Balaban J connectivity index is 2.03. The Hall–Kier alpha value is -2.32. The van der Waals surface area contributed by atoms with E-state index in [9.17, 15) is 5.26 Å². The van der Waals surface area contributed by atoms with Crippen LogP contribution in [-0.4, -0.2) is 12.1 Å². The average Bonchev–Trinajstić information content (AvgIpc) is 3.10. The first kappa shape index (κ1) is 17.5. The van der Waals surface area contributed by atoms with Crippen LogP contribution < -0.4 is 4.74 Å². The van der Waals surface area contributed by atoms with E-state index in [0.29, 0.717) is 31.9 Å². The first-order chi connectivity index (χ1) is 12.1. The predicted molar refractivity (Wildman–Crippen MR) is 104 cm³/mol. The van der Waals surface area contributed by atoms with Crippen LogP contribution in [0.1, 0.15) is 10.6 Å². The Labute approximate surface area is 159 Å². The quantitative estimate of drug-likeness (QED) is 0.502. The van der Waals surface area contributed by atoms with Gasteiger partial charge in [-0.15, -0.1) is 11.3 Å². The smallest absolute Gasteiger partial charge is 0.144 e. The van der Waals surface area contributed by atoms with Crippen molar-refractivity contribution in [1.82, 2.24) is 4.98 Å². The Morgan fingerprint density at radius 3 is 2.68 bits per heavy atom. The minimum Gasteiger partial charge on any atom is -0.495 e. The van der Waals surface area contributed by atoms with Gasteiger partial charge in [0.2, 0.25) is 0 Å². The molecule has 3 aromatic rings. The number of nitriles is 1. The van der Waals surface area contributed by atoms with Crippen LogP contribution in [0.5, 0.6) is 5.75 Å². The van der Waals surface area contributed by atoms with Gasteiger partial charge in [0.15, 0.2) is 0 Å². The fraction of sp³-hybridized carbons (Fsp3) is 0.0526. The number of aromatic nitrogens is 1. The topological polar surface area (TPSA) is 45.9 Å². The number of methoxy groups -OCH3 is 1. The summed E-state index contributed by atoms with van der Waals surface area (Å²) in [6.45, 7) is 0. The SMILES string of the molecule is COc1c(Cl)cc(Cl)cc1/C=C(\C#N)c1nc(-c2ccccc2)cs1. The molecule has 1 aromatic heterocycles. The molecule has 0 unspecified atom stereocenters. The second-order valence-electron chi connectivity index (χ2n) is 5.08. The van der Waals surface area contributed by atoms with E-state index in [0.717, 1.165) is 11.3 Å². The molecule has 0 saturated carbocycles. The average molecular weight is 387 g/mol. The molecule has 124 valence electrons. The molecule has 0 aliphatic carbocycles. The number of rotatable bonds is 4. The first-order valence-electron chi connectivity index (χ1n) is 7.28. The van der Waals surface area contributed by atoms with Crippen molar-refractivity contribution in [3.63, 3.8) is 0 Å². The molecule has 1 heterocycles. The minimum absolute atomic E-state index is 0.391. The maximum Gasteiger partial charge on any atom is 0.144 e. The summed E-state index contributed by atoms with van der Waals surface area (Å²) in [5.74, 6) is 0.471. The lowest BCUT2D eigenvalue weighted by molar-refractivity contribution is 0.414. The van der Waals surface area contributed by atoms with E-state index in [4.69, 9.17) is 27.9 Å². The number of allylic oxidation sites excluding steroid dienone is 1. The molecular formula is C19H12Cl2N2OS. The summed E-state index contributed by atoms with van der Waals surface area (Å²) in [5.41, 5.74) is 2.89. The largest absolute Gasteiger partial charge is 0.495 e. The molecule has 0 spiro atoms. The van der Waals surface area contributed by atoms with Crippen molar-refractivity contribution >= 4 is 46.2 Å². The van der Waals surface area contributed by atoms with Crippen LogP contribution in [-0.2, 0) is 0 Å². The molecule has 3 rings (SSSR count). The number of hydrogen-bond acceptors (Lipinski definition) is 4. The zero-order valence-electron chi connectivity index (χ0n) is 13.2. The number of thiazole rings is 1. The highest BCUT2D eigenvalue weighted by atomic mass is 35.5. The lowest BCUT2D eigenvalue weighted by atomic mass is 10.1. The number of benzene rings is 2. The van der Waals surface area contributed by atoms with Gasteiger partial charge < -0.3 is 4.74 Å². The van der Waals surface area contributed by atoms with Gasteiger partial charge in [-0.25, -0.2) is 4.98 Å². The van der Waals surface area contributed by atoms with Crippen LogP contribution in [0, 0.1) is 11.3 Å². The molecular weight excluding hydrogens is 375 g/mol. The van der Waals surface area contributed by atoms with Crippen molar-refractivity contribution < 1.29 is 4.74 Å². The zero-order valence-corrected chi connectivity index (χ0v) is 15.5. The van der Waals surface area contributed by atoms with Crippen molar-refractivity contribution in [2.45, 2.75) is 0 Å². The summed E-state index contributed by atoms with van der Waals surface area (Å²) < 4.78 is 5.33. The lowest BCUT2D eigenvalue weighted by Gasteiger charge is -2.08. The van der Waals surface area contributed by atoms with Gasteiger partial charge >= 0.3 is 0 Å². The Bertz CT molecular complexity index is 975. The van der Waals surface area contributed by atoms with Gasteiger partial charge in [0.25, 0.3) is 0 Å². The van der Waals surface area contributed by atoms with Crippen molar-refractivity contribution in [3.8, 4) is 23.1 Å². The molecule has 3 nitrogen and oxygen atoms in total. The maximum atomic E-state index is 9.56. The van der Waals surface area contributed by atoms with Crippen molar-refractivity contribution in [1.29, 1.82) is 5.26 Å². The molecule has 0 atom stereocenters. The van der Waals surface area contributed by atoms with Gasteiger partial charge in [0, 0.05) is 21.5 Å². The van der Waals surface area contributed by atoms with Crippen molar-refractivity contribution in [2.75, 3.05) is 7.11 Å². The number of halogens is 2. The second-order valence-corrected chi connectivity index (χ2v) is 6.79. The molecule has 0 N–H and O–H groups in total. The molecule has 0 fully saturated rings. The van der Waals surface area contributed by atoms with E-state index in [1.165, 1.54) is 18.4 Å². The molecule has 0 saturated heterocycles. The Morgan fingerprint density at radius 2 is 2.00 bits per heavy atom. The zero-order chi connectivity index (χ0) is 17.8. The Kier molecular flexibility index (Phi) is 5.40. The van der Waals surface area contributed by atoms with Crippen LogP contribution in [0.25, 0.3) is 22.9 Å². The van der Waals surface area contributed by atoms with E-state index in [-0.39, 0.29) is 0 Å². The van der Waals surface area contributed by atoms with E-state index in [1.807, 2.05) is 35.7 Å². The summed E-state index contributed by atoms with van der Waals surface area (Å²) in [6.07, 6.45) is 1.68. The molecule has 0 aliphatic rings. The van der Waals surface area contributed by atoms with Gasteiger partial charge in [-0.3, -0.25) is 0 Å². The van der Waals surface area contributed by atoms with Gasteiger partial charge in [0.1, 0.15) is 16.8 Å². The lowest BCUT2D eigenvalue weighted by Crippen LogP contribution is -1.90. The highest BCUT2D eigenvalue weighted by molar-refractivity contribution is 7.11. The number of ether oxygens (including phenoxy) is 1. The molecule has 0 amide bonds. The maximum absolute atomic E-state index is 9.56. The third-order valence-corrected chi connectivity index (χ3v) is 4.84. The standard InChI is InChI=1S/C19H12Cl2N2OS/c1-24-18-13(8-15(20)9-16(18)21)7-14(10-22)19-23-17(11-25-19)12-5-3-2-4-6-12/h2-9,11H,1H3/b14-7+.